The number of furan rings is 1. The fraction of sp³-hybridized carbons (Fsp3) is 0.500. The number of carboxylic acids is 1. The number of hydrogen-bond acceptors (Lipinski definition) is 5. The first-order valence-corrected chi connectivity index (χ1v) is 7.55. The van der Waals surface area contributed by atoms with Crippen LogP contribution in [0, 0.1) is 0 Å². The van der Waals surface area contributed by atoms with Crippen molar-refractivity contribution in [3.8, 4) is 0 Å². The molecule has 1 atom stereocenters. The van der Waals surface area contributed by atoms with Gasteiger partial charge in [0.15, 0.2) is 0 Å². The lowest BCUT2D eigenvalue weighted by Gasteiger charge is -2.24. The third kappa shape index (κ3) is 3.42. The summed E-state index contributed by atoms with van der Waals surface area (Å²) in [6.07, 6.45) is 1.15. The van der Waals surface area contributed by atoms with E-state index < -0.39 is 27.4 Å². The van der Waals surface area contributed by atoms with Crippen molar-refractivity contribution in [3.63, 3.8) is 0 Å². The van der Waals surface area contributed by atoms with Crippen molar-refractivity contribution in [1.29, 1.82) is 0 Å². The fourth-order valence-electron chi connectivity index (χ4n) is 1.37. The molecule has 1 aromatic heterocycles. The Kier molecular flexibility index (Phi) is 4.79. The van der Waals surface area contributed by atoms with Gasteiger partial charge >= 0.3 is 5.97 Å². The van der Waals surface area contributed by atoms with Crippen molar-refractivity contribution < 1.29 is 27.5 Å². The quantitative estimate of drug-likeness (QED) is 0.789. The van der Waals surface area contributed by atoms with Gasteiger partial charge in [-0.2, -0.15) is 0 Å². The molecule has 0 aromatic carbocycles. The van der Waals surface area contributed by atoms with Crippen LogP contribution in [0.15, 0.2) is 21.8 Å². The van der Waals surface area contributed by atoms with Crippen molar-refractivity contribution in [2.75, 3.05) is 14.1 Å². The highest BCUT2D eigenvalue weighted by Crippen LogP contribution is 2.18. The lowest BCUT2D eigenvalue weighted by molar-refractivity contribution is -0.143. The summed E-state index contributed by atoms with van der Waals surface area (Å²) in [4.78, 5) is 23.1. The highest BCUT2D eigenvalue weighted by atomic mass is 32.2. The lowest BCUT2D eigenvalue weighted by Crippen LogP contribution is -2.51. The number of hydrogen-bond donors (Lipinski definition) is 2. The fourth-order valence-corrected chi connectivity index (χ4v) is 2.17. The number of nitrogens with one attached hydrogen (secondary N) is 1. The Hall–Kier alpha value is -1.87. The van der Waals surface area contributed by atoms with Crippen molar-refractivity contribution in [1.82, 2.24) is 9.62 Å². The first-order chi connectivity index (χ1) is 9.54. The lowest BCUT2D eigenvalue weighted by atomic mass is 9.99. The van der Waals surface area contributed by atoms with Crippen LogP contribution in [0.2, 0.25) is 0 Å². The largest absolute Gasteiger partial charge is 0.480 e. The van der Waals surface area contributed by atoms with Crippen LogP contribution in [-0.4, -0.2) is 49.3 Å². The Labute approximate surface area is 122 Å². The van der Waals surface area contributed by atoms with Gasteiger partial charge in [0.1, 0.15) is 11.8 Å². The van der Waals surface area contributed by atoms with Crippen molar-refractivity contribution in [2.45, 2.75) is 30.9 Å². The summed E-state index contributed by atoms with van der Waals surface area (Å²) >= 11 is 0. The summed E-state index contributed by atoms with van der Waals surface area (Å²) in [6, 6.07) is 1.06. The first-order valence-electron chi connectivity index (χ1n) is 6.11. The smallest absolute Gasteiger partial charge is 0.329 e. The predicted molar refractivity (Wildman–Crippen MR) is 73.4 cm³/mol. The van der Waals surface area contributed by atoms with Crippen molar-refractivity contribution in [3.05, 3.63) is 17.9 Å². The number of carboxylic acid groups (broad SMARTS) is 1. The van der Waals surface area contributed by atoms with Gasteiger partial charge in [-0.05, 0) is 13.3 Å². The number of amides is 1. The summed E-state index contributed by atoms with van der Waals surface area (Å²) in [6.45, 7) is 2.98. The summed E-state index contributed by atoms with van der Waals surface area (Å²) in [7, 11) is -1.13. The van der Waals surface area contributed by atoms with E-state index in [4.69, 9.17) is 9.52 Å². The number of carbonyl (C=O) groups is 2. The van der Waals surface area contributed by atoms with Gasteiger partial charge in [-0.1, -0.05) is 6.92 Å². The molecule has 0 aliphatic rings. The second-order valence-corrected chi connectivity index (χ2v) is 6.97. The number of nitrogens with zero attached hydrogens (tertiary/aromatic N) is 1. The average Bonchev–Trinajstić information content (AvgIpc) is 2.88. The normalized spacial score (nSPS) is 14.7. The van der Waals surface area contributed by atoms with Gasteiger partial charge in [-0.15, -0.1) is 0 Å². The average molecular weight is 318 g/mol. The molecule has 0 bridgehead atoms. The van der Waals surface area contributed by atoms with E-state index in [0.29, 0.717) is 0 Å². The van der Waals surface area contributed by atoms with Crippen molar-refractivity contribution in [2.24, 2.45) is 0 Å². The maximum Gasteiger partial charge on any atom is 0.329 e. The van der Waals surface area contributed by atoms with Crippen LogP contribution in [0.4, 0.5) is 0 Å². The molecule has 1 amide bonds. The molecule has 118 valence electrons. The molecule has 0 aliphatic heterocycles. The molecule has 8 nitrogen and oxygen atoms in total. The minimum atomic E-state index is -3.78. The zero-order valence-electron chi connectivity index (χ0n) is 12.2. The SMILES string of the molecule is CCC(C)(NC(=O)c1coc(S(=O)(=O)N(C)C)c1)C(=O)O. The Morgan fingerprint density at radius 2 is 2.00 bits per heavy atom. The Morgan fingerprint density at radius 3 is 2.43 bits per heavy atom. The minimum Gasteiger partial charge on any atom is -0.480 e. The molecule has 1 unspecified atom stereocenters. The van der Waals surface area contributed by atoms with Crippen molar-refractivity contribution >= 4 is 21.9 Å². The van der Waals surface area contributed by atoms with Gasteiger partial charge in [0, 0.05) is 20.2 Å². The van der Waals surface area contributed by atoms with Gasteiger partial charge in [-0.3, -0.25) is 4.79 Å². The molecule has 0 spiro atoms. The summed E-state index contributed by atoms with van der Waals surface area (Å²) < 4.78 is 29.5. The zero-order chi connectivity index (χ0) is 16.4. The van der Waals surface area contributed by atoms with E-state index >= 15 is 0 Å². The molecule has 1 heterocycles. The van der Waals surface area contributed by atoms with E-state index in [0.717, 1.165) is 16.6 Å². The maximum absolute atomic E-state index is 12.0. The van der Waals surface area contributed by atoms with Gasteiger partial charge in [0.2, 0.25) is 5.09 Å². The third-order valence-corrected chi connectivity index (χ3v) is 4.83. The number of rotatable bonds is 6. The van der Waals surface area contributed by atoms with E-state index in [1.54, 1.807) is 6.92 Å². The molecular formula is C12H18N2O6S. The summed E-state index contributed by atoms with van der Waals surface area (Å²) in [5, 5.41) is 11.1. The van der Waals surface area contributed by atoms with Gasteiger partial charge in [0.05, 0.1) is 5.56 Å². The van der Waals surface area contributed by atoms with E-state index in [-0.39, 0.29) is 17.1 Å². The molecule has 21 heavy (non-hydrogen) atoms. The van der Waals surface area contributed by atoms with Crippen LogP contribution in [0.25, 0.3) is 0 Å². The van der Waals surface area contributed by atoms with Gasteiger partial charge in [0.25, 0.3) is 15.9 Å². The highest BCUT2D eigenvalue weighted by molar-refractivity contribution is 7.88. The van der Waals surface area contributed by atoms with Crippen LogP contribution in [0.5, 0.6) is 0 Å². The van der Waals surface area contributed by atoms with Gasteiger partial charge in [-0.25, -0.2) is 17.5 Å². The molecule has 9 heteroatoms. The summed E-state index contributed by atoms with van der Waals surface area (Å²) in [5.74, 6) is -1.89. The van der Waals surface area contributed by atoms with Crippen LogP contribution in [0.3, 0.4) is 0 Å². The highest BCUT2D eigenvalue weighted by Gasteiger charge is 2.34. The molecule has 1 rings (SSSR count). The van der Waals surface area contributed by atoms with Crippen LogP contribution in [0.1, 0.15) is 30.6 Å². The second-order valence-electron chi connectivity index (χ2n) is 4.89. The van der Waals surface area contributed by atoms with Crippen LogP contribution in [-0.2, 0) is 14.8 Å². The second kappa shape index (κ2) is 5.86. The molecular weight excluding hydrogens is 300 g/mol. The molecule has 0 fully saturated rings. The monoisotopic (exact) mass is 318 g/mol. The molecule has 1 aromatic rings. The Bertz CT molecular complexity index is 648. The zero-order valence-corrected chi connectivity index (χ0v) is 13.0. The third-order valence-electron chi connectivity index (χ3n) is 3.14. The number of carbonyl (C=O) groups excluding carboxylic acids is 1. The number of aliphatic carboxylic acids is 1. The standard InChI is InChI=1S/C12H18N2O6S/c1-5-12(2,11(16)17)13-10(15)8-6-9(20-7-8)21(18,19)14(3)4/h6-7H,5H2,1-4H3,(H,13,15)(H,16,17). The molecule has 0 radical (unpaired) electrons. The van der Waals surface area contributed by atoms with E-state index in [9.17, 15) is 18.0 Å². The number of sulfonamides is 1. The topological polar surface area (TPSA) is 117 Å². The first kappa shape index (κ1) is 17.2. The van der Waals surface area contributed by atoms with E-state index in [1.807, 2.05) is 0 Å². The predicted octanol–water partition coefficient (Wildman–Crippen LogP) is 0.513. The minimum absolute atomic E-state index is 0.0589. The Morgan fingerprint density at radius 1 is 1.43 bits per heavy atom. The van der Waals surface area contributed by atoms with E-state index in [1.165, 1.54) is 21.0 Å². The van der Waals surface area contributed by atoms with Crippen LogP contribution >= 0.6 is 0 Å². The maximum atomic E-state index is 12.0. The van der Waals surface area contributed by atoms with Crippen LogP contribution < -0.4 is 5.32 Å². The molecule has 0 aliphatic carbocycles. The summed E-state index contributed by atoms with van der Waals surface area (Å²) in [5.41, 5.74) is -1.49. The molecule has 0 saturated carbocycles. The molecule has 0 saturated heterocycles. The molecule has 2 N–H and O–H groups in total. The van der Waals surface area contributed by atoms with Gasteiger partial charge < -0.3 is 14.8 Å². The Balaban J connectivity index is 3.02. The van der Waals surface area contributed by atoms with E-state index in [2.05, 4.69) is 5.32 Å².